The van der Waals surface area contributed by atoms with Gasteiger partial charge in [0.25, 0.3) is 5.91 Å². The van der Waals surface area contributed by atoms with Crippen LogP contribution in [0.5, 0.6) is 11.5 Å². The van der Waals surface area contributed by atoms with E-state index >= 15 is 0 Å². The van der Waals surface area contributed by atoms with Gasteiger partial charge in [-0.1, -0.05) is 40.2 Å². The van der Waals surface area contributed by atoms with E-state index in [9.17, 15) is 14.7 Å². The molecule has 2 heterocycles. The maximum Gasteiger partial charge on any atom is 0.305 e. The maximum absolute atomic E-state index is 12.3. The van der Waals surface area contributed by atoms with Crippen molar-refractivity contribution < 1.29 is 23.8 Å². The Balaban J connectivity index is 1.33. The van der Waals surface area contributed by atoms with Gasteiger partial charge in [0.1, 0.15) is 18.1 Å². The number of para-hydroxylation sites is 1. The van der Waals surface area contributed by atoms with Gasteiger partial charge in [0, 0.05) is 4.47 Å². The number of halogens is 1. The average molecular weight is 497 g/mol. The summed E-state index contributed by atoms with van der Waals surface area (Å²) in [5, 5.41) is 14.1. The molecule has 2 aromatic heterocycles. The number of aromatic nitrogens is 2. The quantitative estimate of drug-likeness (QED) is 0.351. The highest BCUT2D eigenvalue weighted by molar-refractivity contribution is 9.10. The van der Waals surface area contributed by atoms with Gasteiger partial charge in [0.15, 0.2) is 17.2 Å². The Labute approximate surface area is 190 Å². The first-order chi connectivity index (χ1) is 15.5. The molecule has 0 atom stereocenters. The number of furan rings is 1. The summed E-state index contributed by atoms with van der Waals surface area (Å²) in [6.45, 7) is 0.126. The maximum atomic E-state index is 12.3. The first-order valence-corrected chi connectivity index (χ1v) is 10.2. The van der Waals surface area contributed by atoms with Gasteiger partial charge >= 0.3 is 5.91 Å². The van der Waals surface area contributed by atoms with Crippen molar-refractivity contribution in [3.05, 3.63) is 94.6 Å². The van der Waals surface area contributed by atoms with Crippen LogP contribution in [0.15, 0.2) is 81.8 Å². The van der Waals surface area contributed by atoms with E-state index in [1.807, 2.05) is 18.2 Å². The number of benzene rings is 2. The van der Waals surface area contributed by atoms with Crippen molar-refractivity contribution in [2.75, 3.05) is 0 Å². The molecule has 2 amide bonds. The highest BCUT2D eigenvalue weighted by Gasteiger charge is 2.19. The number of hydrogen-bond acceptors (Lipinski definition) is 6. The van der Waals surface area contributed by atoms with E-state index in [1.165, 1.54) is 16.9 Å². The van der Waals surface area contributed by atoms with Gasteiger partial charge < -0.3 is 14.3 Å². The molecule has 0 radical (unpaired) electrons. The van der Waals surface area contributed by atoms with Crippen molar-refractivity contribution in [1.82, 2.24) is 20.6 Å². The minimum absolute atomic E-state index is 0.0165. The monoisotopic (exact) mass is 496 g/mol. The zero-order valence-corrected chi connectivity index (χ0v) is 18.1. The average Bonchev–Trinajstić information content (AvgIpc) is 3.43. The van der Waals surface area contributed by atoms with Gasteiger partial charge in [0.05, 0.1) is 11.9 Å². The number of rotatable bonds is 6. The number of hydrogen-bond donors (Lipinski definition) is 3. The van der Waals surface area contributed by atoms with Crippen molar-refractivity contribution in [3.63, 3.8) is 0 Å². The summed E-state index contributed by atoms with van der Waals surface area (Å²) in [5.41, 5.74) is 4.86. The van der Waals surface area contributed by atoms with Crippen LogP contribution in [0.3, 0.4) is 0 Å². The first kappa shape index (κ1) is 21.2. The topological polar surface area (TPSA) is 119 Å². The third kappa shape index (κ3) is 4.98. The lowest BCUT2D eigenvalue weighted by Crippen LogP contribution is -2.41. The smallest absolute Gasteiger partial charge is 0.305 e. The molecule has 0 aliphatic heterocycles. The summed E-state index contributed by atoms with van der Waals surface area (Å²) in [4.78, 5) is 24.6. The summed E-state index contributed by atoms with van der Waals surface area (Å²) in [7, 11) is 0. The Hall–Kier alpha value is -4.05. The predicted octanol–water partition coefficient (Wildman–Crippen LogP) is 3.59. The van der Waals surface area contributed by atoms with Crippen LogP contribution < -0.4 is 15.6 Å². The van der Waals surface area contributed by atoms with Crippen LogP contribution >= 0.6 is 15.9 Å². The Morgan fingerprint density at radius 3 is 2.59 bits per heavy atom. The summed E-state index contributed by atoms with van der Waals surface area (Å²) >= 11 is 3.36. The molecule has 0 spiro atoms. The number of amides is 2. The number of carbonyl (C=O) groups excluding carboxylic acids is 2. The second-order valence-corrected chi connectivity index (χ2v) is 7.48. The molecule has 4 aromatic rings. The molecule has 9 nitrogen and oxygen atoms in total. The standard InChI is InChI=1S/C22H17BrN4O5/c23-14-5-4-8-16(11-14)31-13-17-9-10-19(32-17)21(29)24-25-22(30)20-18(28)12-27(26-20)15-6-2-1-3-7-15/h1-12,28H,13H2,(H,24,29)(H,25,30). The number of carbonyl (C=O) groups is 2. The minimum atomic E-state index is -0.782. The molecular formula is C22H17BrN4O5. The normalized spacial score (nSPS) is 10.5. The van der Waals surface area contributed by atoms with Crippen LogP contribution in [0.1, 0.15) is 26.8 Å². The zero-order valence-electron chi connectivity index (χ0n) is 16.5. The fourth-order valence-electron chi connectivity index (χ4n) is 2.76. The largest absolute Gasteiger partial charge is 0.504 e. The van der Waals surface area contributed by atoms with Crippen LogP contribution in [0.25, 0.3) is 5.69 Å². The van der Waals surface area contributed by atoms with Gasteiger partial charge in [-0.15, -0.1) is 0 Å². The van der Waals surface area contributed by atoms with Crippen molar-refractivity contribution in [1.29, 1.82) is 0 Å². The molecule has 0 fully saturated rings. The van der Waals surface area contributed by atoms with E-state index in [-0.39, 0.29) is 23.8 Å². The molecule has 0 unspecified atom stereocenters. The molecule has 32 heavy (non-hydrogen) atoms. The fraction of sp³-hybridized carbons (Fsp3) is 0.0455. The lowest BCUT2D eigenvalue weighted by molar-refractivity contribution is 0.0824. The molecule has 0 aliphatic carbocycles. The number of hydrazine groups is 1. The SMILES string of the molecule is O=C(NNC(=O)c1nn(-c2ccccc2)cc1O)c1ccc(COc2cccc(Br)c2)o1. The van der Waals surface area contributed by atoms with Crippen LogP contribution in [-0.2, 0) is 6.61 Å². The van der Waals surface area contributed by atoms with Crippen LogP contribution in [0, 0.1) is 0 Å². The van der Waals surface area contributed by atoms with E-state index in [4.69, 9.17) is 9.15 Å². The molecule has 0 aliphatic rings. The van der Waals surface area contributed by atoms with Crippen molar-refractivity contribution >= 4 is 27.7 Å². The summed E-state index contributed by atoms with van der Waals surface area (Å²) in [6, 6.07) is 19.4. The van der Waals surface area contributed by atoms with Crippen molar-refractivity contribution in [2.45, 2.75) is 6.61 Å². The van der Waals surface area contributed by atoms with Crippen molar-refractivity contribution in [2.24, 2.45) is 0 Å². The van der Waals surface area contributed by atoms with E-state index in [2.05, 4.69) is 31.9 Å². The zero-order chi connectivity index (χ0) is 22.5. The molecule has 2 aromatic carbocycles. The lowest BCUT2D eigenvalue weighted by Gasteiger charge is -2.05. The van der Waals surface area contributed by atoms with E-state index in [1.54, 1.807) is 42.5 Å². The van der Waals surface area contributed by atoms with Gasteiger partial charge in [-0.05, 0) is 42.5 Å². The summed E-state index contributed by atoms with van der Waals surface area (Å²) in [5.74, 6) is -0.725. The van der Waals surface area contributed by atoms with Gasteiger partial charge in [-0.2, -0.15) is 5.10 Å². The molecule has 4 rings (SSSR count). The van der Waals surface area contributed by atoms with Crippen LogP contribution in [0.2, 0.25) is 0 Å². The summed E-state index contributed by atoms with van der Waals surface area (Å²) < 4.78 is 13.3. The summed E-state index contributed by atoms with van der Waals surface area (Å²) in [6.07, 6.45) is 1.30. The second kappa shape index (κ2) is 9.40. The lowest BCUT2D eigenvalue weighted by atomic mass is 10.3. The number of aromatic hydroxyl groups is 1. The molecule has 3 N–H and O–H groups in total. The van der Waals surface area contributed by atoms with Crippen molar-refractivity contribution in [3.8, 4) is 17.2 Å². The Morgan fingerprint density at radius 1 is 1.03 bits per heavy atom. The minimum Gasteiger partial charge on any atom is -0.504 e. The van der Waals surface area contributed by atoms with Gasteiger partial charge in [-0.3, -0.25) is 20.4 Å². The molecule has 162 valence electrons. The van der Waals surface area contributed by atoms with Crippen LogP contribution in [-0.4, -0.2) is 26.7 Å². The first-order valence-electron chi connectivity index (χ1n) is 9.41. The van der Waals surface area contributed by atoms with E-state index < -0.39 is 11.8 Å². The highest BCUT2D eigenvalue weighted by atomic mass is 79.9. The third-order valence-corrected chi connectivity index (χ3v) is 4.78. The molecule has 0 saturated heterocycles. The Bertz CT molecular complexity index is 1250. The Kier molecular flexibility index (Phi) is 6.22. The number of nitrogens with zero attached hydrogens (tertiary/aromatic N) is 2. The molecule has 0 saturated carbocycles. The molecular weight excluding hydrogens is 480 g/mol. The fourth-order valence-corrected chi connectivity index (χ4v) is 3.14. The third-order valence-electron chi connectivity index (χ3n) is 4.28. The van der Waals surface area contributed by atoms with Gasteiger partial charge in [0.2, 0.25) is 0 Å². The second-order valence-electron chi connectivity index (χ2n) is 6.56. The number of ether oxygens (including phenoxy) is 1. The highest BCUT2D eigenvalue weighted by Crippen LogP contribution is 2.20. The predicted molar refractivity (Wildman–Crippen MR) is 117 cm³/mol. The van der Waals surface area contributed by atoms with E-state index in [0.717, 1.165) is 4.47 Å². The van der Waals surface area contributed by atoms with Gasteiger partial charge in [-0.25, -0.2) is 4.68 Å². The molecule has 0 bridgehead atoms. The number of nitrogens with one attached hydrogen (secondary N) is 2. The van der Waals surface area contributed by atoms with Crippen LogP contribution in [0.4, 0.5) is 0 Å². The Morgan fingerprint density at radius 2 is 1.81 bits per heavy atom. The molecule has 10 heteroatoms. The van der Waals surface area contributed by atoms with E-state index in [0.29, 0.717) is 17.2 Å².